The van der Waals surface area contributed by atoms with Gasteiger partial charge in [0.2, 0.25) is 0 Å². The molecule has 0 radical (unpaired) electrons. The number of ether oxygens (including phenoxy) is 2. The van der Waals surface area contributed by atoms with Gasteiger partial charge in [-0.15, -0.1) is 0 Å². The normalized spacial score (nSPS) is 26.2. The zero-order valence-corrected chi connectivity index (χ0v) is 12.1. The molecule has 3 rings (SSSR count). The summed E-state index contributed by atoms with van der Waals surface area (Å²) in [6.45, 7) is 2.21. The van der Waals surface area contributed by atoms with Crippen molar-refractivity contribution in [2.24, 2.45) is 5.92 Å². The summed E-state index contributed by atoms with van der Waals surface area (Å²) in [5, 5.41) is 19.5. The van der Waals surface area contributed by atoms with Crippen LogP contribution in [-0.4, -0.2) is 30.5 Å². The first kappa shape index (κ1) is 14.5. The quantitative estimate of drug-likeness (QED) is 0.908. The molecule has 0 bridgehead atoms. The van der Waals surface area contributed by atoms with Gasteiger partial charge in [-0.25, -0.2) is 0 Å². The minimum absolute atomic E-state index is 0.102. The molecule has 1 N–H and O–H groups in total. The average Bonchev–Trinajstić information content (AvgIpc) is 2.55. The third-order valence-electron chi connectivity index (χ3n) is 4.76. The number of hydrogen-bond acceptors (Lipinski definition) is 4. The van der Waals surface area contributed by atoms with Crippen molar-refractivity contribution in [1.29, 1.82) is 5.26 Å². The summed E-state index contributed by atoms with van der Waals surface area (Å²) in [4.78, 5) is 0. The van der Waals surface area contributed by atoms with E-state index in [4.69, 9.17) is 14.7 Å². The van der Waals surface area contributed by atoms with E-state index in [-0.39, 0.29) is 11.5 Å². The molecule has 4 heteroatoms. The number of rotatable bonds is 2. The van der Waals surface area contributed by atoms with Crippen LogP contribution in [0.25, 0.3) is 0 Å². The number of nitriles is 1. The minimum Gasteiger partial charge on any atom is -0.388 e. The molecule has 2 heterocycles. The fourth-order valence-corrected chi connectivity index (χ4v) is 3.45. The Morgan fingerprint density at radius 1 is 1.19 bits per heavy atom. The molecule has 0 amide bonds. The van der Waals surface area contributed by atoms with E-state index < -0.39 is 6.10 Å². The Kier molecular flexibility index (Phi) is 4.25. The third kappa shape index (κ3) is 3.11. The Morgan fingerprint density at radius 3 is 2.57 bits per heavy atom. The average molecular weight is 287 g/mol. The van der Waals surface area contributed by atoms with Crippen molar-refractivity contribution in [2.75, 3.05) is 19.8 Å². The van der Waals surface area contributed by atoms with Crippen molar-refractivity contribution in [1.82, 2.24) is 0 Å². The number of hydrogen-bond donors (Lipinski definition) is 1. The lowest BCUT2D eigenvalue weighted by Crippen LogP contribution is -2.45. The van der Waals surface area contributed by atoms with E-state index in [1.807, 2.05) is 12.1 Å². The molecule has 2 atom stereocenters. The van der Waals surface area contributed by atoms with Crippen LogP contribution in [-0.2, 0) is 9.47 Å². The summed E-state index contributed by atoms with van der Waals surface area (Å²) in [7, 11) is 0. The van der Waals surface area contributed by atoms with Crippen molar-refractivity contribution >= 4 is 0 Å². The van der Waals surface area contributed by atoms with Crippen LogP contribution < -0.4 is 0 Å². The summed E-state index contributed by atoms with van der Waals surface area (Å²) < 4.78 is 11.5. The van der Waals surface area contributed by atoms with Crippen LogP contribution in [0.2, 0.25) is 0 Å². The summed E-state index contributed by atoms with van der Waals surface area (Å²) in [6.07, 6.45) is 3.12. The fourth-order valence-electron chi connectivity index (χ4n) is 3.45. The highest BCUT2D eigenvalue weighted by molar-refractivity contribution is 5.32. The summed E-state index contributed by atoms with van der Waals surface area (Å²) in [6, 6.07) is 9.35. The first-order valence-corrected chi connectivity index (χ1v) is 7.62. The van der Waals surface area contributed by atoms with Crippen LogP contribution in [0.1, 0.15) is 42.9 Å². The van der Waals surface area contributed by atoms with Crippen molar-refractivity contribution in [3.05, 3.63) is 35.4 Å². The van der Waals surface area contributed by atoms with Crippen molar-refractivity contribution < 1.29 is 14.6 Å². The van der Waals surface area contributed by atoms with E-state index in [0.29, 0.717) is 12.2 Å². The third-order valence-corrected chi connectivity index (χ3v) is 4.76. The number of nitrogens with zero attached hydrogens (tertiary/aromatic N) is 1. The Hall–Kier alpha value is -1.41. The van der Waals surface area contributed by atoms with Crippen LogP contribution in [0.3, 0.4) is 0 Å². The lowest BCUT2D eigenvalue weighted by molar-refractivity contribution is -0.159. The van der Waals surface area contributed by atoms with Crippen LogP contribution in [0.4, 0.5) is 0 Å². The fraction of sp³-hybridized carbons (Fsp3) is 0.588. The molecule has 112 valence electrons. The monoisotopic (exact) mass is 287 g/mol. The summed E-state index contributed by atoms with van der Waals surface area (Å²) in [5.74, 6) is 0.213. The van der Waals surface area contributed by atoms with Gasteiger partial charge in [-0.05, 0) is 49.3 Å². The highest BCUT2D eigenvalue weighted by Crippen LogP contribution is 2.41. The zero-order valence-electron chi connectivity index (χ0n) is 12.1. The Morgan fingerprint density at radius 2 is 1.90 bits per heavy atom. The van der Waals surface area contributed by atoms with Crippen molar-refractivity contribution in [3.63, 3.8) is 0 Å². The lowest BCUT2D eigenvalue weighted by atomic mass is 9.77. The van der Waals surface area contributed by atoms with Gasteiger partial charge in [0.25, 0.3) is 0 Å². The van der Waals surface area contributed by atoms with Gasteiger partial charge in [0.05, 0.1) is 23.3 Å². The molecule has 0 aliphatic carbocycles. The SMILES string of the molecule is N#Cc1ccc(C(O)C2CCOC3(CCOCC3)C2)cc1. The highest BCUT2D eigenvalue weighted by atomic mass is 16.5. The molecule has 2 aliphatic rings. The second-order valence-electron chi connectivity index (χ2n) is 6.08. The number of aliphatic hydroxyl groups excluding tert-OH is 1. The van der Waals surface area contributed by atoms with Gasteiger partial charge < -0.3 is 14.6 Å². The van der Waals surface area contributed by atoms with Crippen LogP contribution in [0, 0.1) is 17.2 Å². The molecule has 2 fully saturated rings. The van der Waals surface area contributed by atoms with Gasteiger partial charge in [-0.3, -0.25) is 0 Å². The maximum absolute atomic E-state index is 10.7. The van der Waals surface area contributed by atoms with Crippen molar-refractivity contribution in [2.45, 2.75) is 37.4 Å². The van der Waals surface area contributed by atoms with Gasteiger partial charge in [0.1, 0.15) is 0 Å². The van der Waals surface area contributed by atoms with Crippen LogP contribution in [0.5, 0.6) is 0 Å². The number of aliphatic hydroxyl groups is 1. The molecule has 0 saturated carbocycles. The molecule has 1 spiro atoms. The molecule has 1 aromatic carbocycles. The Balaban J connectivity index is 1.71. The predicted molar refractivity (Wildman–Crippen MR) is 77.6 cm³/mol. The first-order chi connectivity index (χ1) is 10.2. The Bertz CT molecular complexity index is 508. The molecule has 2 aliphatic heterocycles. The topological polar surface area (TPSA) is 62.5 Å². The van der Waals surface area contributed by atoms with E-state index in [1.54, 1.807) is 12.1 Å². The largest absolute Gasteiger partial charge is 0.388 e. The van der Waals surface area contributed by atoms with Crippen molar-refractivity contribution in [3.8, 4) is 6.07 Å². The minimum atomic E-state index is -0.485. The molecule has 2 unspecified atom stereocenters. The smallest absolute Gasteiger partial charge is 0.0991 e. The molecule has 1 aromatic rings. The van der Waals surface area contributed by atoms with E-state index in [9.17, 15) is 5.11 Å². The zero-order chi connectivity index (χ0) is 14.7. The maximum Gasteiger partial charge on any atom is 0.0991 e. The summed E-state index contributed by atoms with van der Waals surface area (Å²) >= 11 is 0. The van der Waals surface area contributed by atoms with Gasteiger partial charge in [0.15, 0.2) is 0 Å². The second-order valence-corrected chi connectivity index (χ2v) is 6.08. The van der Waals surface area contributed by atoms with Gasteiger partial charge in [0, 0.05) is 19.8 Å². The predicted octanol–water partition coefficient (Wildman–Crippen LogP) is 2.57. The molecular formula is C17H21NO3. The maximum atomic E-state index is 10.7. The Labute approximate surface area is 125 Å². The highest BCUT2D eigenvalue weighted by Gasteiger charge is 2.41. The van der Waals surface area contributed by atoms with E-state index in [1.165, 1.54) is 0 Å². The van der Waals surface area contributed by atoms with E-state index >= 15 is 0 Å². The van der Waals surface area contributed by atoms with E-state index in [0.717, 1.165) is 44.5 Å². The molecular weight excluding hydrogens is 266 g/mol. The second kappa shape index (κ2) is 6.15. The molecule has 21 heavy (non-hydrogen) atoms. The standard InChI is InChI=1S/C17H21NO3/c18-12-13-1-3-14(4-2-13)16(19)15-5-8-21-17(11-15)6-9-20-10-7-17/h1-4,15-16,19H,5-11H2. The lowest BCUT2D eigenvalue weighted by Gasteiger charge is -2.44. The number of benzene rings is 1. The molecule has 0 aromatic heterocycles. The van der Waals surface area contributed by atoms with Crippen LogP contribution >= 0.6 is 0 Å². The van der Waals surface area contributed by atoms with Gasteiger partial charge in [-0.1, -0.05) is 12.1 Å². The molecule has 2 saturated heterocycles. The first-order valence-electron chi connectivity index (χ1n) is 7.62. The van der Waals surface area contributed by atoms with Gasteiger partial charge >= 0.3 is 0 Å². The molecule has 4 nitrogen and oxygen atoms in total. The summed E-state index contributed by atoms with van der Waals surface area (Å²) in [5.41, 5.74) is 1.41. The van der Waals surface area contributed by atoms with Crippen LogP contribution in [0.15, 0.2) is 24.3 Å². The van der Waals surface area contributed by atoms with E-state index in [2.05, 4.69) is 6.07 Å². The van der Waals surface area contributed by atoms with Gasteiger partial charge in [-0.2, -0.15) is 5.26 Å².